The summed E-state index contributed by atoms with van der Waals surface area (Å²) >= 11 is 0. The van der Waals surface area contributed by atoms with Gasteiger partial charge in [-0.15, -0.1) is 0 Å². The molecule has 0 fully saturated rings. The molecule has 0 aliphatic carbocycles. The Balaban J connectivity index is 0.000000148. The van der Waals surface area contributed by atoms with Gasteiger partial charge in [-0.25, -0.2) is 35.1 Å². The third-order valence-corrected chi connectivity index (χ3v) is 16.5. The minimum absolute atomic E-state index is 0.673. The molecule has 0 amide bonds. The third kappa shape index (κ3) is 19.1. The Labute approximate surface area is 549 Å². The van der Waals surface area contributed by atoms with Crippen LogP contribution in [-0.2, 0) is 25.7 Å². The molecule has 0 aliphatic rings. The van der Waals surface area contributed by atoms with Gasteiger partial charge in [0.05, 0.1) is 0 Å². The van der Waals surface area contributed by atoms with Crippen LogP contribution in [0.15, 0.2) is 267 Å². The second-order valence-corrected chi connectivity index (χ2v) is 23.3. The first-order valence-corrected chi connectivity index (χ1v) is 32.3. The molecule has 0 saturated carbocycles. The van der Waals surface area contributed by atoms with Crippen molar-refractivity contribution < 1.29 is 35.1 Å². The molecule has 12 aromatic rings. The van der Waals surface area contributed by atoms with Crippen LogP contribution in [0, 0.1) is 46.5 Å². The van der Waals surface area contributed by atoms with E-state index in [9.17, 15) is 35.1 Å². The van der Waals surface area contributed by atoms with E-state index in [-0.39, 0.29) is 0 Å². The maximum Gasteiger partial charge on any atom is 0.159 e. The maximum absolute atomic E-state index is 13.4. The minimum Gasteiger partial charge on any atom is -0.204 e. The van der Waals surface area contributed by atoms with Gasteiger partial charge in [-0.05, 0) is 198 Å². The number of unbranched alkanes of at least 4 members (excludes halogenated alkanes) is 3. The molecule has 0 N–H and O–H groups in total. The molecule has 0 atom stereocenters. The Hall–Kier alpha value is -9.92. The summed E-state index contributed by atoms with van der Waals surface area (Å²) < 4.78 is 105. The first-order chi connectivity index (χ1) is 45.7. The fourth-order valence-corrected chi connectivity index (χ4v) is 10.9. The highest BCUT2D eigenvalue weighted by Crippen LogP contribution is 2.32. The molecule has 0 aromatic heterocycles. The molecular weight excluding hydrogens is 1180 g/mol. The van der Waals surface area contributed by atoms with Crippen LogP contribution in [0.3, 0.4) is 0 Å². The highest BCUT2D eigenvalue weighted by atomic mass is 19.2. The fraction of sp³-hybridized carbons (Fsp3) is 0.163. The predicted molar refractivity (Wildman–Crippen MR) is 374 cm³/mol. The van der Waals surface area contributed by atoms with Crippen molar-refractivity contribution in [3.63, 3.8) is 0 Å². The summed E-state index contributed by atoms with van der Waals surface area (Å²) in [5.74, 6) is -6.57. The van der Waals surface area contributed by atoms with Crippen molar-refractivity contribution >= 4 is 0 Å². The van der Waals surface area contributed by atoms with Crippen molar-refractivity contribution in [2.75, 3.05) is 0 Å². The quantitative estimate of drug-likeness (QED) is 0.0593. The fourth-order valence-electron chi connectivity index (χ4n) is 10.9. The highest BCUT2D eigenvalue weighted by molar-refractivity contribution is 5.74. The van der Waals surface area contributed by atoms with Gasteiger partial charge in [0.25, 0.3) is 0 Å². The molecular formula is C86H76F8. The molecule has 0 bridgehead atoms. The van der Waals surface area contributed by atoms with Crippen LogP contribution in [0.1, 0.15) is 88.5 Å². The number of hydrogen-bond donors (Lipinski definition) is 0. The van der Waals surface area contributed by atoms with Crippen LogP contribution < -0.4 is 0 Å². The zero-order chi connectivity index (χ0) is 66.3. The average molecular weight is 1260 g/mol. The van der Waals surface area contributed by atoms with Crippen molar-refractivity contribution in [1.82, 2.24) is 0 Å². The number of benzene rings is 12. The van der Waals surface area contributed by atoms with Gasteiger partial charge in [0.15, 0.2) is 46.5 Å². The summed E-state index contributed by atoms with van der Waals surface area (Å²) in [7, 11) is 0. The van der Waals surface area contributed by atoms with Crippen molar-refractivity contribution in [2.24, 2.45) is 0 Å². The van der Waals surface area contributed by atoms with Gasteiger partial charge in [-0.2, -0.15) is 0 Å². The van der Waals surface area contributed by atoms with Crippen LogP contribution in [0.25, 0.3) is 89.0 Å². The lowest BCUT2D eigenvalue weighted by molar-refractivity contribution is 0.509. The van der Waals surface area contributed by atoms with Crippen molar-refractivity contribution in [1.29, 1.82) is 0 Å². The topological polar surface area (TPSA) is 0 Å². The van der Waals surface area contributed by atoms with Crippen LogP contribution in [0.2, 0.25) is 0 Å². The minimum atomic E-state index is -0.823. The molecule has 0 saturated heterocycles. The molecule has 12 rings (SSSR count). The van der Waals surface area contributed by atoms with E-state index in [0.717, 1.165) is 123 Å². The smallest absolute Gasteiger partial charge is 0.159 e. The van der Waals surface area contributed by atoms with Crippen LogP contribution >= 0.6 is 0 Å². The zero-order valence-corrected chi connectivity index (χ0v) is 53.5. The number of hydrogen-bond acceptors (Lipinski definition) is 0. The van der Waals surface area contributed by atoms with Gasteiger partial charge in [-0.3, -0.25) is 0 Å². The summed E-state index contributed by atoms with van der Waals surface area (Å²) in [5.41, 5.74) is 20.6. The second kappa shape index (κ2) is 34.1. The van der Waals surface area contributed by atoms with E-state index in [1.165, 1.54) is 78.6 Å². The standard InChI is InChI=1S/C23H22F2.C22H20F2.C21H18F2.C20H16F2/c1-2-3-4-5-17-6-8-18(9-7-17)19-10-12-20(13-11-19)21-14-15-22(24)23(25)16-21;1-2-3-4-16-5-7-17(8-6-16)18-9-11-19(12-10-18)20-13-14-21(23)22(24)15-20;1-2-3-15-4-6-16(7-5-15)17-8-10-18(11-9-17)19-12-13-20(22)21(23)14-19;1-2-14-3-5-15(6-4-14)16-7-9-17(10-8-16)18-11-12-19(21)20(22)13-18/h6-16H,2-5H2,1H3;5-15H,2-4H2,1H3;4-14H,2-3H2,1H3;3-13H,2H2,1H3. The van der Waals surface area contributed by atoms with Gasteiger partial charge >= 0.3 is 0 Å². The van der Waals surface area contributed by atoms with E-state index >= 15 is 0 Å². The number of rotatable bonds is 18. The zero-order valence-electron chi connectivity index (χ0n) is 53.5. The molecule has 476 valence electrons. The lowest BCUT2D eigenvalue weighted by atomic mass is 9.98. The lowest BCUT2D eigenvalue weighted by Gasteiger charge is -2.07. The lowest BCUT2D eigenvalue weighted by Crippen LogP contribution is -1.87. The monoisotopic (exact) mass is 1260 g/mol. The molecule has 0 nitrogen and oxygen atoms in total. The molecule has 0 spiro atoms. The molecule has 0 heterocycles. The Morgan fingerprint density at radius 3 is 0.574 bits per heavy atom. The summed E-state index contributed by atoms with van der Waals surface area (Å²) in [6.45, 7) is 8.71. The Bertz CT molecular complexity index is 4310. The maximum atomic E-state index is 13.4. The number of halogens is 8. The van der Waals surface area contributed by atoms with Gasteiger partial charge in [0, 0.05) is 0 Å². The van der Waals surface area contributed by atoms with Crippen molar-refractivity contribution in [2.45, 2.75) is 91.9 Å². The predicted octanol–water partition coefficient (Wildman–Crippen LogP) is 25.8. The van der Waals surface area contributed by atoms with E-state index in [2.05, 4.69) is 125 Å². The molecule has 0 unspecified atom stereocenters. The van der Waals surface area contributed by atoms with E-state index in [1.807, 2.05) is 97.1 Å². The SMILES string of the molecule is CCCCCc1ccc(-c2ccc(-c3ccc(F)c(F)c3)cc2)cc1.CCCCc1ccc(-c2ccc(-c3ccc(F)c(F)c3)cc2)cc1.CCCc1ccc(-c2ccc(-c3ccc(F)c(F)c3)cc2)cc1.CCc1ccc(-c2ccc(-c3ccc(F)c(F)c3)cc2)cc1. The van der Waals surface area contributed by atoms with Crippen LogP contribution in [0.5, 0.6) is 0 Å². The van der Waals surface area contributed by atoms with Crippen LogP contribution in [0.4, 0.5) is 35.1 Å². The molecule has 94 heavy (non-hydrogen) atoms. The summed E-state index contributed by atoms with van der Waals surface area (Å²) in [6, 6.07) is 81.7. The molecule has 12 aromatic carbocycles. The van der Waals surface area contributed by atoms with Crippen molar-refractivity contribution in [3.8, 4) is 89.0 Å². The molecule has 0 aliphatic heterocycles. The highest BCUT2D eigenvalue weighted by Gasteiger charge is 2.11. The van der Waals surface area contributed by atoms with E-state index in [1.54, 1.807) is 24.3 Å². The van der Waals surface area contributed by atoms with Crippen molar-refractivity contribution in [3.05, 3.63) is 336 Å². The van der Waals surface area contributed by atoms with Gasteiger partial charge in [-0.1, -0.05) is 272 Å². The van der Waals surface area contributed by atoms with E-state index in [4.69, 9.17) is 0 Å². The van der Waals surface area contributed by atoms with E-state index < -0.39 is 46.5 Å². The van der Waals surface area contributed by atoms with Gasteiger partial charge < -0.3 is 0 Å². The van der Waals surface area contributed by atoms with Crippen LogP contribution in [-0.4, -0.2) is 0 Å². The third-order valence-electron chi connectivity index (χ3n) is 16.5. The van der Waals surface area contributed by atoms with Gasteiger partial charge in [0.2, 0.25) is 0 Å². The normalized spacial score (nSPS) is 10.8. The first-order valence-electron chi connectivity index (χ1n) is 32.3. The molecule has 0 radical (unpaired) electrons. The summed E-state index contributed by atoms with van der Waals surface area (Å²) in [6.07, 6.45) is 11.7. The first kappa shape index (κ1) is 68.4. The Morgan fingerprint density at radius 2 is 0.362 bits per heavy atom. The summed E-state index contributed by atoms with van der Waals surface area (Å²) in [5, 5.41) is 0. The van der Waals surface area contributed by atoms with Gasteiger partial charge in [0.1, 0.15) is 0 Å². The summed E-state index contributed by atoms with van der Waals surface area (Å²) in [4.78, 5) is 0. The Morgan fingerprint density at radius 1 is 0.170 bits per heavy atom. The largest absolute Gasteiger partial charge is 0.204 e. The Kier molecular flexibility index (Phi) is 24.8. The number of aryl methyl sites for hydroxylation is 4. The van der Waals surface area contributed by atoms with E-state index in [0.29, 0.717) is 22.3 Å². The average Bonchev–Trinajstić information content (AvgIpc) is 1.03. The second-order valence-electron chi connectivity index (χ2n) is 23.3. The molecule has 8 heteroatoms.